The van der Waals surface area contributed by atoms with Crippen LogP contribution in [-0.2, 0) is 66.7 Å². The molecule has 10 aromatic rings. The van der Waals surface area contributed by atoms with Crippen molar-refractivity contribution in [2.75, 3.05) is 142 Å². The van der Waals surface area contributed by atoms with Gasteiger partial charge in [0, 0.05) is 44.6 Å². The number of aromatic nitrogens is 3. The van der Waals surface area contributed by atoms with Gasteiger partial charge in [0.25, 0.3) is 0 Å². The zero-order valence-corrected chi connectivity index (χ0v) is 75.2. The lowest BCUT2D eigenvalue weighted by molar-refractivity contribution is -0.145. The van der Waals surface area contributed by atoms with Crippen LogP contribution in [0.3, 0.4) is 0 Å². The number of nitrogens with two attached hydrogens (primary N) is 1. The van der Waals surface area contributed by atoms with E-state index in [1.807, 2.05) is 97.1 Å². The van der Waals surface area contributed by atoms with Gasteiger partial charge in [0.2, 0.25) is 15.4 Å². The first-order valence-corrected chi connectivity index (χ1v) is 45.7. The summed E-state index contributed by atoms with van der Waals surface area (Å²) >= 11 is 4.54. The number of thiazole rings is 3. The van der Waals surface area contributed by atoms with E-state index in [2.05, 4.69) is 18.1 Å². The molecule has 0 aliphatic heterocycles. The summed E-state index contributed by atoms with van der Waals surface area (Å²) in [6, 6.07) is 48.5. The largest absolute Gasteiger partial charge is 0.494 e. The number of methoxy groups -OCH3 is 3. The average molecular weight is 1810 g/mol. The predicted molar refractivity (Wildman–Crippen MR) is 497 cm³/mol. The molecule has 0 atom stereocenters. The summed E-state index contributed by atoms with van der Waals surface area (Å²) < 4.78 is 82.0. The van der Waals surface area contributed by atoms with Crippen LogP contribution in [0, 0.1) is 23.7 Å². The molecule has 2 aliphatic rings. The number of fused-ring (bicyclic) bond motifs is 3. The highest BCUT2D eigenvalue weighted by molar-refractivity contribution is 7.23. The maximum absolute atomic E-state index is 14.4. The normalized spacial score (nSPS) is 15.0. The van der Waals surface area contributed by atoms with E-state index < -0.39 is 47.5 Å². The first-order chi connectivity index (χ1) is 62.6. The Labute approximate surface area is 758 Å². The van der Waals surface area contributed by atoms with Crippen molar-refractivity contribution in [3.63, 3.8) is 0 Å². The first-order valence-electron chi connectivity index (χ1n) is 43.3. The van der Waals surface area contributed by atoms with Crippen LogP contribution in [0.4, 0.5) is 15.4 Å². The van der Waals surface area contributed by atoms with Gasteiger partial charge in [0.15, 0.2) is 0 Å². The number of para-hydroxylation sites is 3. The van der Waals surface area contributed by atoms with Crippen LogP contribution in [0.15, 0.2) is 193 Å². The lowest BCUT2D eigenvalue weighted by Gasteiger charge is -2.26. The molecular formula is C96H113N9O20S3. The quantitative estimate of drug-likeness (QED) is 0.00704. The number of nitrogens with zero attached hydrogens (tertiary/aromatic N) is 8. The van der Waals surface area contributed by atoms with E-state index >= 15 is 0 Å². The van der Waals surface area contributed by atoms with Crippen molar-refractivity contribution >= 4 is 128 Å². The van der Waals surface area contributed by atoms with Crippen molar-refractivity contribution in [2.45, 2.75) is 103 Å². The second-order valence-electron chi connectivity index (χ2n) is 30.1. The molecule has 3 heterocycles. The lowest BCUT2D eigenvalue weighted by Crippen LogP contribution is -2.34. The van der Waals surface area contributed by atoms with E-state index in [1.165, 1.54) is 22.7 Å². The molecule has 0 unspecified atom stereocenters. The number of hydrogen-bond donors (Lipinski definition) is 1. The summed E-state index contributed by atoms with van der Waals surface area (Å²) in [5.41, 5.74) is 4.90. The molecule has 7 aromatic carbocycles. The number of hydrogen-bond acceptors (Lipinski definition) is 32. The number of benzene rings is 7. The molecule has 0 bridgehead atoms. The maximum Gasteiger partial charge on any atom is 0.330 e. The van der Waals surface area contributed by atoms with Crippen LogP contribution in [0.5, 0.6) is 34.5 Å². The van der Waals surface area contributed by atoms with Crippen LogP contribution >= 0.6 is 34.0 Å². The van der Waals surface area contributed by atoms with Crippen molar-refractivity contribution in [1.29, 1.82) is 0 Å². The van der Waals surface area contributed by atoms with Gasteiger partial charge in [-0.15, -0.1) is 0 Å². The molecule has 2 N–H and O–H groups in total. The third-order valence-electron chi connectivity index (χ3n) is 21.0. The summed E-state index contributed by atoms with van der Waals surface area (Å²) in [7, 11) is 4.88. The smallest absolute Gasteiger partial charge is 0.330 e. The van der Waals surface area contributed by atoms with Gasteiger partial charge in [-0.2, -0.15) is 10.2 Å². The zero-order valence-electron chi connectivity index (χ0n) is 72.7. The van der Waals surface area contributed by atoms with Gasteiger partial charge >= 0.3 is 35.8 Å². The van der Waals surface area contributed by atoms with E-state index in [0.29, 0.717) is 212 Å². The average Bonchev–Trinajstić information content (AvgIpc) is 1.63. The van der Waals surface area contributed by atoms with Gasteiger partial charge < -0.3 is 66.3 Å². The van der Waals surface area contributed by atoms with Gasteiger partial charge in [-0.05, 0) is 223 Å². The number of ether oxygens (including phenoxy) is 14. The molecule has 2 saturated carbocycles. The minimum Gasteiger partial charge on any atom is -0.494 e. The second kappa shape index (κ2) is 53.4. The van der Waals surface area contributed by atoms with E-state index in [4.69, 9.17) is 92.3 Å². The van der Waals surface area contributed by atoms with Crippen molar-refractivity contribution in [1.82, 2.24) is 15.0 Å². The number of carbonyl (C=O) groups is 6. The Hall–Kier alpha value is -11.4. The number of esters is 6. The van der Waals surface area contributed by atoms with Crippen LogP contribution < -0.4 is 49.3 Å². The molecule has 12 rings (SSSR count). The Bertz CT molecular complexity index is 4850. The highest BCUT2D eigenvalue weighted by Gasteiger charge is 2.35. The molecule has 128 heavy (non-hydrogen) atoms. The van der Waals surface area contributed by atoms with Crippen molar-refractivity contribution in [3.8, 4) is 45.6 Å². The van der Waals surface area contributed by atoms with Crippen LogP contribution in [0.2, 0.25) is 0 Å². The minimum absolute atomic E-state index is 0.248. The fraction of sp³-hybridized carbons (Fsp3) is 0.406. The predicted octanol–water partition coefficient (Wildman–Crippen LogP) is 17.2. The van der Waals surface area contributed by atoms with E-state index in [9.17, 15) is 28.8 Å². The number of hydrazone groups is 2. The Morgan fingerprint density at radius 2 is 0.711 bits per heavy atom. The van der Waals surface area contributed by atoms with Crippen molar-refractivity contribution in [2.24, 2.45) is 39.7 Å². The third kappa shape index (κ3) is 31.5. The molecule has 29 nitrogen and oxygen atoms in total. The Morgan fingerprint density at radius 1 is 0.383 bits per heavy atom. The zero-order chi connectivity index (χ0) is 89.9. The van der Waals surface area contributed by atoms with E-state index in [-0.39, 0.29) is 23.4 Å². The summed E-state index contributed by atoms with van der Waals surface area (Å²) in [4.78, 5) is 92.9. The van der Waals surface area contributed by atoms with Crippen molar-refractivity contribution in [3.05, 3.63) is 194 Å². The molecule has 0 amide bonds. The molecule has 0 radical (unpaired) electrons. The highest BCUT2D eigenvalue weighted by Crippen LogP contribution is 2.39. The lowest BCUT2D eigenvalue weighted by atomic mass is 9.82. The number of carbonyl (C=O) groups excluding carboxylic acids is 6. The van der Waals surface area contributed by atoms with Gasteiger partial charge in [-0.1, -0.05) is 95.7 Å². The standard InChI is InChI=1S/C84H96N6O18S2.C12H17N3O2S/c1-5-77(91)103-47-17-9-7-15-45-101-67-33-37-69(38-34-67)105-79(93)59-23-27-61(28-24-59)81(95)107-73-41-31-63(55-65(73)57-85-89(43-49-99-53-51-97-3)83-87-71-19-11-13-21-75(71)109-83)64-32-42-74(66(56-64)58-86-90(44-50-100-54-52-98-4)84-88-72-20-12-14-22-76(72)110-84)108-82(96)62-29-25-60(26-30-62)80(94)106-70-39-35-68(36-40-70)102-46-16-8-10-18-48-104-78(92)6-2;1-16-8-9-17-7-6-15(13)12-14-10-4-2-3-5-11(10)18-12/h5-6,11-14,19-22,31-42,55-62H,1-2,7-10,15-18,23-30,43-54H2,3-4H3;2-5H,6-9,13H2,1H3/b85-57+,86-58+;. The topological polar surface area (TPSA) is 331 Å². The molecule has 0 saturated heterocycles. The minimum atomic E-state index is -0.514. The van der Waals surface area contributed by atoms with Crippen molar-refractivity contribution < 1.29 is 95.1 Å². The van der Waals surface area contributed by atoms with Crippen LogP contribution in [0.25, 0.3) is 41.8 Å². The first kappa shape index (κ1) is 97.2. The van der Waals surface area contributed by atoms with Gasteiger partial charge in [-0.3, -0.25) is 24.2 Å². The Kier molecular flexibility index (Phi) is 40.5. The molecular weight excluding hydrogens is 1700 g/mol. The van der Waals surface area contributed by atoms with Gasteiger partial charge in [-0.25, -0.2) is 40.4 Å². The van der Waals surface area contributed by atoms with E-state index in [0.717, 1.165) is 99.3 Å². The molecule has 680 valence electrons. The number of anilines is 3. The van der Waals surface area contributed by atoms with Gasteiger partial charge in [0.05, 0.1) is 172 Å². The molecule has 3 aromatic heterocycles. The fourth-order valence-corrected chi connectivity index (χ4v) is 16.6. The number of rotatable bonds is 52. The Balaban J connectivity index is 0.000000780. The highest BCUT2D eigenvalue weighted by atomic mass is 32.1. The van der Waals surface area contributed by atoms with Crippen LogP contribution in [-0.4, -0.2) is 190 Å². The van der Waals surface area contributed by atoms with Gasteiger partial charge in [0.1, 0.15) is 34.5 Å². The number of unbranched alkanes of at least 4 members (excludes halogenated alkanes) is 6. The summed E-state index contributed by atoms with van der Waals surface area (Å²) in [5.74, 6) is 4.17. The number of hydrazine groups is 1. The summed E-state index contributed by atoms with van der Waals surface area (Å²) in [5, 5.41) is 17.3. The maximum atomic E-state index is 14.4. The molecule has 2 fully saturated rings. The van der Waals surface area contributed by atoms with E-state index in [1.54, 1.807) is 121 Å². The summed E-state index contributed by atoms with van der Waals surface area (Å²) in [6.07, 6.45) is 15.7. The molecule has 2 aliphatic carbocycles. The monoisotopic (exact) mass is 1810 g/mol. The summed E-state index contributed by atoms with van der Waals surface area (Å²) in [6.45, 7) is 13.7. The van der Waals surface area contributed by atoms with Crippen LogP contribution in [0.1, 0.15) is 114 Å². The Morgan fingerprint density at radius 3 is 1.07 bits per heavy atom. The molecule has 32 heteroatoms. The molecule has 0 spiro atoms. The fourth-order valence-electron chi connectivity index (χ4n) is 13.8. The third-order valence-corrected chi connectivity index (χ3v) is 24.1. The second-order valence-corrected chi connectivity index (χ2v) is 33.2. The SMILES string of the molecule is C=CC(=O)OCCCCCCOc1ccc(OC(=O)C2CCC(C(=O)Oc3ccc(-c4ccc(OC(=O)C5CCC(C(=O)Oc6ccc(OCCCCCCOC(=O)C=C)cc6)CC5)c(/C=N/N(CCOCCOC)c5nc6ccccc6s5)c4)cc3/C=N/N(CCOCCOC)c3nc4ccccc4s3)CC2)cc1.COCCOCCN(N)c1nc2ccccc2s1.